The van der Waals surface area contributed by atoms with Crippen LogP contribution in [0.15, 0.2) is 33.7 Å². The van der Waals surface area contributed by atoms with Crippen LogP contribution >= 0.6 is 39.9 Å². The first-order valence-electron chi connectivity index (χ1n) is 9.69. The van der Waals surface area contributed by atoms with Gasteiger partial charge >= 0.3 is 0 Å². The van der Waals surface area contributed by atoms with Crippen LogP contribution in [-0.2, 0) is 0 Å². The van der Waals surface area contributed by atoms with E-state index in [0.717, 1.165) is 48.7 Å². The van der Waals surface area contributed by atoms with Crippen LogP contribution in [0.3, 0.4) is 0 Å². The Kier molecular flexibility index (Phi) is 11.6. The summed E-state index contributed by atoms with van der Waals surface area (Å²) in [5.41, 5.74) is 0. The van der Waals surface area contributed by atoms with Gasteiger partial charge in [-0.3, -0.25) is 0 Å². The molecule has 0 amide bonds. The molecule has 0 spiro atoms. The molecule has 1 heterocycles. The molecule has 0 aliphatic carbocycles. The van der Waals surface area contributed by atoms with Crippen LogP contribution < -0.4 is 15.4 Å². The van der Waals surface area contributed by atoms with E-state index < -0.39 is 0 Å². The molecule has 1 aromatic carbocycles. The van der Waals surface area contributed by atoms with Gasteiger partial charge in [-0.25, -0.2) is 4.99 Å². The zero-order chi connectivity index (χ0) is 18.9. The number of rotatable bonds is 7. The Morgan fingerprint density at radius 3 is 2.52 bits per heavy atom. The van der Waals surface area contributed by atoms with Crippen LogP contribution in [-0.4, -0.2) is 55.2 Å². The van der Waals surface area contributed by atoms with Gasteiger partial charge in [0.2, 0.25) is 0 Å². The van der Waals surface area contributed by atoms with Crippen molar-refractivity contribution in [2.45, 2.75) is 58.7 Å². The SMILES string of the molecule is CCNC(=NCC(C)Oc1ccccc1Br)NC1CCN(C(C)C)CC1.I. The number of likely N-dealkylation sites (tertiary alicyclic amines) is 1. The van der Waals surface area contributed by atoms with E-state index in [9.17, 15) is 0 Å². The van der Waals surface area contributed by atoms with Gasteiger partial charge in [-0.1, -0.05) is 12.1 Å². The van der Waals surface area contributed by atoms with E-state index in [4.69, 9.17) is 9.73 Å². The predicted molar refractivity (Wildman–Crippen MR) is 128 cm³/mol. The van der Waals surface area contributed by atoms with Crippen LogP contribution in [0.4, 0.5) is 0 Å². The molecule has 1 unspecified atom stereocenters. The molecule has 0 aromatic heterocycles. The highest BCUT2D eigenvalue weighted by atomic mass is 127. The second-order valence-corrected chi connectivity index (χ2v) is 7.98. The Balaban J connectivity index is 0.00000364. The maximum absolute atomic E-state index is 5.99. The topological polar surface area (TPSA) is 48.9 Å². The summed E-state index contributed by atoms with van der Waals surface area (Å²) in [6.45, 7) is 12.5. The Bertz CT molecular complexity index is 577. The van der Waals surface area contributed by atoms with Gasteiger partial charge in [-0.2, -0.15) is 0 Å². The van der Waals surface area contributed by atoms with Crippen molar-refractivity contribution in [3.63, 3.8) is 0 Å². The van der Waals surface area contributed by atoms with Gasteiger partial charge in [0.25, 0.3) is 0 Å². The van der Waals surface area contributed by atoms with Crippen molar-refractivity contribution in [3.8, 4) is 5.75 Å². The van der Waals surface area contributed by atoms with Gasteiger partial charge in [-0.05, 0) is 68.6 Å². The van der Waals surface area contributed by atoms with Crippen molar-refractivity contribution in [3.05, 3.63) is 28.7 Å². The quantitative estimate of drug-likeness (QED) is 0.301. The van der Waals surface area contributed by atoms with E-state index in [1.54, 1.807) is 0 Å². The lowest BCUT2D eigenvalue weighted by atomic mass is 10.0. The first-order chi connectivity index (χ1) is 12.5. The fourth-order valence-corrected chi connectivity index (χ4v) is 3.47. The van der Waals surface area contributed by atoms with E-state index in [-0.39, 0.29) is 30.1 Å². The Hall–Kier alpha value is -0.540. The summed E-state index contributed by atoms with van der Waals surface area (Å²) < 4.78 is 6.96. The fourth-order valence-electron chi connectivity index (χ4n) is 3.09. The van der Waals surface area contributed by atoms with Gasteiger partial charge in [-0.15, -0.1) is 24.0 Å². The van der Waals surface area contributed by atoms with Crippen LogP contribution in [0.1, 0.15) is 40.5 Å². The number of benzene rings is 1. The molecule has 1 atom stereocenters. The van der Waals surface area contributed by atoms with Crippen molar-refractivity contribution in [1.82, 2.24) is 15.5 Å². The summed E-state index contributed by atoms with van der Waals surface area (Å²) in [4.78, 5) is 7.27. The summed E-state index contributed by atoms with van der Waals surface area (Å²) in [6, 6.07) is 9.04. The van der Waals surface area contributed by atoms with Crippen molar-refractivity contribution in [2.24, 2.45) is 4.99 Å². The second-order valence-electron chi connectivity index (χ2n) is 7.13. The summed E-state index contributed by atoms with van der Waals surface area (Å²) >= 11 is 3.52. The minimum Gasteiger partial charge on any atom is -0.488 e. The Morgan fingerprint density at radius 1 is 1.26 bits per heavy atom. The molecule has 2 N–H and O–H groups in total. The highest BCUT2D eigenvalue weighted by Crippen LogP contribution is 2.24. The van der Waals surface area contributed by atoms with Gasteiger partial charge < -0.3 is 20.3 Å². The van der Waals surface area contributed by atoms with Gasteiger partial charge in [0.15, 0.2) is 5.96 Å². The van der Waals surface area contributed by atoms with E-state index in [2.05, 4.69) is 52.2 Å². The maximum Gasteiger partial charge on any atom is 0.191 e. The number of piperidine rings is 1. The number of nitrogens with zero attached hydrogens (tertiary/aromatic N) is 2. The largest absolute Gasteiger partial charge is 0.488 e. The van der Waals surface area contributed by atoms with E-state index in [1.807, 2.05) is 31.2 Å². The lowest BCUT2D eigenvalue weighted by Crippen LogP contribution is -2.50. The highest BCUT2D eigenvalue weighted by Gasteiger charge is 2.21. The lowest BCUT2D eigenvalue weighted by molar-refractivity contribution is 0.167. The number of aliphatic imine (C=N–C) groups is 1. The molecule has 5 nitrogen and oxygen atoms in total. The van der Waals surface area contributed by atoms with E-state index in [0.29, 0.717) is 18.6 Å². The third-order valence-corrected chi connectivity index (χ3v) is 5.27. The molecule has 2 rings (SSSR count). The zero-order valence-electron chi connectivity index (χ0n) is 16.9. The number of guanidine groups is 1. The summed E-state index contributed by atoms with van der Waals surface area (Å²) in [6.07, 6.45) is 2.32. The lowest BCUT2D eigenvalue weighted by Gasteiger charge is -2.35. The molecule has 27 heavy (non-hydrogen) atoms. The van der Waals surface area contributed by atoms with Crippen LogP contribution in [0.25, 0.3) is 0 Å². The number of hydrogen-bond acceptors (Lipinski definition) is 3. The molecule has 154 valence electrons. The van der Waals surface area contributed by atoms with Crippen molar-refractivity contribution in [1.29, 1.82) is 0 Å². The van der Waals surface area contributed by atoms with Gasteiger partial charge in [0, 0.05) is 31.7 Å². The summed E-state index contributed by atoms with van der Waals surface area (Å²) in [7, 11) is 0. The normalized spacial score (nSPS) is 17.3. The molecular weight excluding hydrogens is 519 g/mol. The number of hydrogen-bond donors (Lipinski definition) is 2. The monoisotopic (exact) mass is 552 g/mol. The van der Waals surface area contributed by atoms with Crippen molar-refractivity contribution >= 4 is 45.9 Å². The molecule has 7 heteroatoms. The van der Waals surface area contributed by atoms with Crippen molar-refractivity contribution in [2.75, 3.05) is 26.2 Å². The molecular formula is C20H34BrIN4O. The fraction of sp³-hybridized carbons (Fsp3) is 0.650. The average Bonchev–Trinajstić information content (AvgIpc) is 2.62. The Morgan fingerprint density at radius 2 is 1.93 bits per heavy atom. The van der Waals surface area contributed by atoms with Crippen LogP contribution in [0.5, 0.6) is 5.75 Å². The molecule has 0 bridgehead atoms. The first kappa shape index (κ1) is 24.5. The second kappa shape index (κ2) is 12.8. The smallest absolute Gasteiger partial charge is 0.191 e. The molecule has 1 saturated heterocycles. The number of para-hydroxylation sites is 1. The predicted octanol–water partition coefficient (Wildman–Crippen LogP) is 4.26. The van der Waals surface area contributed by atoms with Crippen LogP contribution in [0.2, 0.25) is 0 Å². The minimum absolute atomic E-state index is 0. The van der Waals surface area contributed by atoms with E-state index in [1.165, 1.54) is 0 Å². The molecule has 1 fully saturated rings. The third-order valence-electron chi connectivity index (χ3n) is 4.62. The molecule has 0 saturated carbocycles. The van der Waals surface area contributed by atoms with Gasteiger partial charge in [0.1, 0.15) is 11.9 Å². The summed E-state index contributed by atoms with van der Waals surface area (Å²) in [5, 5.41) is 6.95. The number of nitrogens with one attached hydrogen (secondary N) is 2. The highest BCUT2D eigenvalue weighted by molar-refractivity contribution is 14.0. The Labute approximate surface area is 189 Å². The standard InChI is InChI=1S/C20H33BrN4O.HI/c1-5-22-20(24-17-10-12-25(13-11-17)15(2)3)23-14-16(4)26-19-9-7-6-8-18(19)21;/h6-9,15-17H,5,10-14H2,1-4H3,(H2,22,23,24);1H. The van der Waals surface area contributed by atoms with Gasteiger partial charge in [0.05, 0.1) is 11.0 Å². The average molecular weight is 553 g/mol. The van der Waals surface area contributed by atoms with E-state index >= 15 is 0 Å². The third kappa shape index (κ3) is 8.56. The first-order valence-corrected chi connectivity index (χ1v) is 10.5. The molecule has 1 aromatic rings. The number of ether oxygens (including phenoxy) is 1. The molecule has 1 aliphatic heterocycles. The van der Waals surface area contributed by atoms with Crippen LogP contribution in [0, 0.1) is 0 Å². The zero-order valence-corrected chi connectivity index (χ0v) is 20.8. The molecule has 1 aliphatic rings. The number of halogens is 2. The van der Waals surface area contributed by atoms with Crippen molar-refractivity contribution < 1.29 is 4.74 Å². The minimum atomic E-state index is 0. The summed E-state index contributed by atoms with van der Waals surface area (Å²) in [5.74, 6) is 1.74. The maximum atomic E-state index is 5.99. The molecule has 0 radical (unpaired) electrons.